The van der Waals surface area contributed by atoms with Gasteiger partial charge in [-0.05, 0) is 41.5 Å². The van der Waals surface area contributed by atoms with Crippen molar-refractivity contribution in [3.8, 4) is 5.75 Å². The van der Waals surface area contributed by atoms with Crippen molar-refractivity contribution in [2.24, 2.45) is 16.7 Å². The Balaban J connectivity index is 2.28. The lowest BCUT2D eigenvalue weighted by atomic mass is 9.88. The molecular weight excluding hydrogens is 399 g/mol. The number of carbonyl (C=O) groups is 1. The molecule has 0 radical (unpaired) electrons. The highest BCUT2D eigenvalue weighted by Gasteiger charge is 2.70. The predicted octanol–water partition coefficient (Wildman–Crippen LogP) is 4.18. The van der Waals surface area contributed by atoms with Crippen molar-refractivity contribution in [3.63, 3.8) is 0 Å². The molecule has 0 saturated heterocycles. The van der Waals surface area contributed by atoms with Gasteiger partial charge in [0.05, 0.1) is 0 Å². The Hall–Kier alpha value is -1.47. The zero-order valence-electron chi connectivity index (χ0n) is 13.7. The number of carbonyl (C=O) groups excluding carboxylic acids is 1. The lowest BCUT2D eigenvalue weighted by Crippen LogP contribution is -2.38. The summed E-state index contributed by atoms with van der Waals surface area (Å²) in [5.41, 5.74) is -1.73. The lowest BCUT2D eigenvalue weighted by molar-refractivity contribution is -0.315. The van der Waals surface area contributed by atoms with Crippen LogP contribution in [-0.4, -0.2) is 18.5 Å². The van der Waals surface area contributed by atoms with E-state index in [4.69, 9.17) is 23.2 Å². The summed E-state index contributed by atoms with van der Waals surface area (Å²) in [5.74, 6) is -2.22. The van der Waals surface area contributed by atoms with Crippen LogP contribution in [0.2, 0.25) is 0 Å². The number of ether oxygens (including phenoxy) is 1. The van der Waals surface area contributed by atoms with E-state index in [-0.39, 0.29) is 16.7 Å². The van der Waals surface area contributed by atoms with Crippen molar-refractivity contribution in [3.05, 3.63) is 40.4 Å². The van der Waals surface area contributed by atoms with Gasteiger partial charge in [-0.3, -0.25) is 0 Å². The number of carboxylic acid groups (broad SMARTS) is 1. The highest BCUT2D eigenvalue weighted by atomic mass is 35.5. The summed E-state index contributed by atoms with van der Waals surface area (Å²) < 4.78 is 54.0. The fourth-order valence-corrected chi connectivity index (χ4v) is 3.66. The summed E-state index contributed by atoms with van der Waals surface area (Å²) in [6.45, 7) is 3.39. The van der Waals surface area contributed by atoms with Crippen LogP contribution < -0.4 is 9.84 Å². The van der Waals surface area contributed by atoms with Gasteiger partial charge in [0.15, 0.2) is 0 Å². The van der Waals surface area contributed by atoms with Gasteiger partial charge in [0, 0.05) is 11.4 Å². The molecule has 26 heavy (non-hydrogen) atoms. The number of rotatable bonds is 6. The molecule has 1 aliphatic rings. The van der Waals surface area contributed by atoms with Crippen LogP contribution in [0.15, 0.2) is 34.8 Å². The van der Waals surface area contributed by atoms with Crippen molar-refractivity contribution in [2.45, 2.75) is 32.8 Å². The molecule has 144 valence electrons. The number of aliphatic carboxylic acids is 1. The zero-order valence-corrected chi connectivity index (χ0v) is 15.3. The van der Waals surface area contributed by atoms with Crippen LogP contribution in [0.3, 0.4) is 0 Å². The maximum Gasteiger partial charge on any atom is 0.457 e. The minimum absolute atomic E-state index is 0.0648. The average Bonchev–Trinajstić information content (AvgIpc) is 2.94. The Morgan fingerprint density at radius 2 is 2.00 bits per heavy atom. The second kappa shape index (κ2) is 6.93. The molecule has 0 bridgehead atoms. The molecule has 1 saturated carbocycles. The van der Waals surface area contributed by atoms with E-state index < -0.39 is 35.3 Å². The number of alkyl halides is 4. The second-order valence-electron chi connectivity index (χ2n) is 6.71. The van der Waals surface area contributed by atoms with Crippen LogP contribution in [-0.2, 0) is 11.2 Å². The summed E-state index contributed by atoms with van der Waals surface area (Å²) in [7, 11) is 0. The number of allylic oxidation sites excluding steroid dienone is 1. The number of carboxylic acids is 1. The van der Waals surface area contributed by atoms with E-state index in [0.29, 0.717) is 5.56 Å². The largest absolute Gasteiger partial charge is 0.549 e. The summed E-state index contributed by atoms with van der Waals surface area (Å²) in [5, 5.41) is 11.8. The first-order valence-electron chi connectivity index (χ1n) is 7.53. The Bertz CT molecular complexity index is 729. The van der Waals surface area contributed by atoms with Crippen molar-refractivity contribution < 1.29 is 32.2 Å². The maximum atomic E-state index is 13.0. The minimum Gasteiger partial charge on any atom is -0.549 e. The van der Waals surface area contributed by atoms with E-state index in [0.717, 1.165) is 6.07 Å². The van der Waals surface area contributed by atoms with Gasteiger partial charge in [0.1, 0.15) is 10.2 Å². The zero-order chi connectivity index (χ0) is 19.9. The fourth-order valence-electron chi connectivity index (χ4n) is 3.41. The minimum atomic E-state index is -5.16. The van der Waals surface area contributed by atoms with E-state index in [1.807, 2.05) is 0 Å². The van der Waals surface area contributed by atoms with Gasteiger partial charge < -0.3 is 14.6 Å². The molecule has 0 aliphatic heterocycles. The maximum absolute atomic E-state index is 13.0. The first-order chi connectivity index (χ1) is 11.8. The number of halogens is 6. The molecule has 2 rings (SSSR count). The second-order valence-corrected chi connectivity index (χ2v) is 7.72. The van der Waals surface area contributed by atoms with Gasteiger partial charge in [-0.15, -0.1) is 0 Å². The standard InChI is InChI=1S/C17H16Cl2F4O3/c1-15(2)11(7-12(18)19)16(15,14(24)25)8-9-4-3-5-10(6-9)26-13(20)17(21,22)23/h3-7,11,13H,8H2,1-2H3,(H,24,25)/p-1. The molecule has 0 amide bonds. The first-order valence-corrected chi connectivity index (χ1v) is 8.28. The Morgan fingerprint density at radius 3 is 2.50 bits per heavy atom. The third-order valence-electron chi connectivity index (χ3n) is 4.91. The molecule has 0 N–H and O–H groups in total. The molecule has 1 aromatic carbocycles. The summed E-state index contributed by atoms with van der Waals surface area (Å²) in [4.78, 5) is 11.8. The van der Waals surface area contributed by atoms with Gasteiger partial charge >= 0.3 is 12.5 Å². The van der Waals surface area contributed by atoms with Crippen LogP contribution in [0.5, 0.6) is 5.75 Å². The van der Waals surface area contributed by atoms with Crippen LogP contribution in [0, 0.1) is 16.7 Å². The average molecular weight is 414 g/mol. The summed E-state index contributed by atoms with van der Waals surface area (Å²) >= 11 is 11.3. The van der Waals surface area contributed by atoms with E-state index in [9.17, 15) is 27.5 Å². The molecule has 1 fully saturated rings. The topological polar surface area (TPSA) is 49.4 Å². The molecule has 1 aromatic rings. The van der Waals surface area contributed by atoms with E-state index >= 15 is 0 Å². The van der Waals surface area contributed by atoms with Gasteiger partial charge in [-0.1, -0.05) is 49.2 Å². The summed E-state index contributed by atoms with van der Waals surface area (Å²) in [6.07, 6.45) is -7.30. The smallest absolute Gasteiger partial charge is 0.457 e. The monoisotopic (exact) mass is 413 g/mol. The van der Waals surface area contributed by atoms with Gasteiger partial charge in [0.25, 0.3) is 0 Å². The Kier molecular flexibility index (Phi) is 5.55. The SMILES string of the molecule is CC1(C)C(C=C(Cl)Cl)C1(Cc1cccc(OC(F)C(F)(F)F)c1)C(=O)[O-]. The van der Waals surface area contributed by atoms with E-state index in [1.165, 1.54) is 24.3 Å². The molecule has 3 unspecified atom stereocenters. The van der Waals surface area contributed by atoms with Crippen LogP contribution >= 0.6 is 23.2 Å². The number of benzene rings is 1. The first kappa shape index (κ1) is 20.8. The highest BCUT2D eigenvalue weighted by Crippen LogP contribution is 2.71. The highest BCUT2D eigenvalue weighted by molar-refractivity contribution is 6.55. The quantitative estimate of drug-likeness (QED) is 0.657. The molecule has 0 heterocycles. The molecule has 0 aromatic heterocycles. The normalized spacial score (nSPS) is 25.3. The van der Waals surface area contributed by atoms with E-state index in [2.05, 4.69) is 4.74 Å². The third kappa shape index (κ3) is 3.78. The molecule has 0 spiro atoms. The Labute approximate surface area is 157 Å². The fraction of sp³-hybridized carbons (Fsp3) is 0.471. The Morgan fingerprint density at radius 1 is 1.38 bits per heavy atom. The lowest BCUT2D eigenvalue weighted by Gasteiger charge is -2.22. The van der Waals surface area contributed by atoms with Crippen molar-refractivity contribution in [2.75, 3.05) is 0 Å². The van der Waals surface area contributed by atoms with Crippen LogP contribution in [0.4, 0.5) is 17.6 Å². The molecule has 9 heteroatoms. The van der Waals surface area contributed by atoms with Crippen molar-refractivity contribution in [1.82, 2.24) is 0 Å². The summed E-state index contributed by atoms with van der Waals surface area (Å²) in [6, 6.07) is 5.18. The number of hydrogen-bond donors (Lipinski definition) is 0. The van der Waals surface area contributed by atoms with Crippen LogP contribution in [0.1, 0.15) is 19.4 Å². The number of hydrogen-bond acceptors (Lipinski definition) is 3. The molecule has 1 aliphatic carbocycles. The van der Waals surface area contributed by atoms with Gasteiger partial charge in [-0.2, -0.15) is 17.6 Å². The van der Waals surface area contributed by atoms with Crippen molar-refractivity contribution >= 4 is 29.2 Å². The molecule has 3 nitrogen and oxygen atoms in total. The van der Waals surface area contributed by atoms with Gasteiger partial charge in [0.2, 0.25) is 0 Å². The molecule has 3 atom stereocenters. The van der Waals surface area contributed by atoms with Crippen LogP contribution in [0.25, 0.3) is 0 Å². The van der Waals surface area contributed by atoms with Crippen molar-refractivity contribution in [1.29, 1.82) is 0 Å². The predicted molar refractivity (Wildman–Crippen MR) is 86.2 cm³/mol. The molecular formula is C17H15Cl2F4O3-. The van der Waals surface area contributed by atoms with E-state index in [1.54, 1.807) is 13.8 Å². The van der Waals surface area contributed by atoms with Gasteiger partial charge in [-0.25, -0.2) is 0 Å². The third-order valence-corrected chi connectivity index (χ3v) is 5.16.